The Morgan fingerprint density at radius 2 is 2.04 bits per heavy atom. The van der Waals surface area contributed by atoms with Crippen molar-refractivity contribution in [3.63, 3.8) is 0 Å². The molecular formula is C18H19N5O2. The molecule has 0 amide bonds. The second kappa shape index (κ2) is 6.51. The smallest absolute Gasteiger partial charge is 0.270 e. The van der Waals surface area contributed by atoms with Crippen LogP contribution < -0.4 is 5.32 Å². The van der Waals surface area contributed by atoms with E-state index in [9.17, 15) is 10.1 Å². The summed E-state index contributed by atoms with van der Waals surface area (Å²) in [5.41, 5.74) is 1.79. The van der Waals surface area contributed by atoms with E-state index in [-0.39, 0.29) is 5.69 Å². The van der Waals surface area contributed by atoms with E-state index in [0.29, 0.717) is 12.6 Å². The van der Waals surface area contributed by atoms with Crippen LogP contribution in [0.1, 0.15) is 37.4 Å². The first-order chi connectivity index (χ1) is 12.2. The summed E-state index contributed by atoms with van der Waals surface area (Å²) >= 11 is 0. The highest BCUT2D eigenvalue weighted by Gasteiger charge is 2.17. The van der Waals surface area contributed by atoms with Crippen molar-refractivity contribution < 1.29 is 4.92 Å². The molecule has 0 aliphatic heterocycles. The number of pyridine rings is 1. The van der Waals surface area contributed by atoms with Gasteiger partial charge in [-0.25, -0.2) is 4.98 Å². The summed E-state index contributed by atoms with van der Waals surface area (Å²) in [6.45, 7) is 0.602. The molecular weight excluding hydrogens is 318 g/mol. The molecule has 1 N–H and O–H groups in total. The number of non-ortho nitro benzene ring substituents is 1. The highest BCUT2D eigenvalue weighted by Crippen LogP contribution is 2.28. The molecule has 0 unspecified atom stereocenters. The lowest BCUT2D eigenvalue weighted by atomic mass is 10.2. The number of rotatable bonds is 5. The third-order valence-electron chi connectivity index (χ3n) is 4.70. The van der Waals surface area contributed by atoms with E-state index in [1.807, 2.05) is 18.2 Å². The molecule has 2 aromatic heterocycles. The zero-order chi connectivity index (χ0) is 17.2. The van der Waals surface area contributed by atoms with Gasteiger partial charge in [0.05, 0.1) is 28.7 Å². The molecule has 4 rings (SSSR count). The number of anilines is 1. The molecule has 3 aromatic rings. The largest absolute Gasteiger partial charge is 0.364 e. The Morgan fingerprint density at radius 1 is 1.20 bits per heavy atom. The number of benzene rings is 1. The molecule has 1 saturated carbocycles. The summed E-state index contributed by atoms with van der Waals surface area (Å²) in [5.74, 6) is 0.733. The van der Waals surface area contributed by atoms with Crippen LogP contribution in [-0.2, 0) is 6.54 Å². The van der Waals surface area contributed by atoms with Crippen molar-refractivity contribution in [2.75, 3.05) is 5.32 Å². The summed E-state index contributed by atoms with van der Waals surface area (Å²) < 4.78 is 2.08. The Labute approximate surface area is 144 Å². The van der Waals surface area contributed by atoms with Gasteiger partial charge in [0, 0.05) is 23.7 Å². The lowest BCUT2D eigenvalue weighted by molar-refractivity contribution is -0.384. The summed E-state index contributed by atoms with van der Waals surface area (Å²) in [6, 6.07) is 10.9. The number of nitrogens with one attached hydrogen (secondary N) is 1. The molecule has 7 heteroatoms. The monoisotopic (exact) mass is 337 g/mol. The molecule has 7 nitrogen and oxygen atoms in total. The van der Waals surface area contributed by atoms with E-state index in [1.54, 1.807) is 6.07 Å². The van der Waals surface area contributed by atoms with Crippen LogP contribution in [0.15, 0.2) is 42.6 Å². The predicted molar refractivity (Wildman–Crippen MR) is 95.5 cm³/mol. The fraction of sp³-hybridized carbons (Fsp3) is 0.333. The summed E-state index contributed by atoms with van der Waals surface area (Å²) in [6.07, 6.45) is 7.06. The van der Waals surface area contributed by atoms with Gasteiger partial charge in [-0.2, -0.15) is 5.10 Å². The number of nitro groups is 1. The van der Waals surface area contributed by atoms with Crippen molar-refractivity contribution in [3.8, 4) is 0 Å². The highest BCUT2D eigenvalue weighted by atomic mass is 16.6. The number of nitrogens with zero attached hydrogens (tertiary/aromatic N) is 4. The maximum Gasteiger partial charge on any atom is 0.270 e. The van der Waals surface area contributed by atoms with Crippen LogP contribution in [-0.4, -0.2) is 19.7 Å². The second-order valence-electron chi connectivity index (χ2n) is 6.41. The standard InChI is InChI=1S/C18H19N5O2/c24-23(25)16-6-7-17-13(11-16)5-8-18(20-17)19-12-14-9-10-22(21-14)15-3-1-2-4-15/h5-11,15H,1-4,12H2,(H,19,20). The number of aromatic nitrogens is 3. The molecule has 0 spiro atoms. The van der Waals surface area contributed by atoms with Crippen molar-refractivity contribution in [3.05, 3.63) is 58.4 Å². The van der Waals surface area contributed by atoms with Crippen LogP contribution in [0.4, 0.5) is 11.5 Å². The number of nitro benzene ring substituents is 1. The minimum Gasteiger partial charge on any atom is -0.364 e. The fourth-order valence-electron chi connectivity index (χ4n) is 3.35. The van der Waals surface area contributed by atoms with Crippen LogP contribution >= 0.6 is 0 Å². The SMILES string of the molecule is O=[N+]([O-])c1ccc2nc(NCc3ccn(C4CCCC4)n3)ccc2c1. The van der Waals surface area contributed by atoms with Crippen molar-refractivity contribution >= 4 is 22.4 Å². The van der Waals surface area contributed by atoms with E-state index in [2.05, 4.69) is 26.3 Å². The maximum atomic E-state index is 10.8. The molecule has 25 heavy (non-hydrogen) atoms. The van der Waals surface area contributed by atoms with Crippen LogP contribution in [0, 0.1) is 10.1 Å². The van der Waals surface area contributed by atoms with Gasteiger partial charge in [-0.15, -0.1) is 0 Å². The van der Waals surface area contributed by atoms with Gasteiger partial charge in [0.25, 0.3) is 5.69 Å². The molecule has 0 radical (unpaired) electrons. The first-order valence-electron chi connectivity index (χ1n) is 8.52. The molecule has 2 heterocycles. The Morgan fingerprint density at radius 3 is 2.84 bits per heavy atom. The van der Waals surface area contributed by atoms with Crippen molar-refractivity contribution in [1.82, 2.24) is 14.8 Å². The lowest BCUT2D eigenvalue weighted by Crippen LogP contribution is -2.07. The van der Waals surface area contributed by atoms with Gasteiger partial charge < -0.3 is 5.32 Å². The third kappa shape index (κ3) is 3.31. The average molecular weight is 337 g/mol. The molecule has 0 atom stereocenters. The average Bonchev–Trinajstić information content (AvgIpc) is 3.30. The van der Waals surface area contributed by atoms with Crippen LogP contribution in [0.5, 0.6) is 0 Å². The molecule has 0 saturated heterocycles. The van der Waals surface area contributed by atoms with Gasteiger partial charge in [0.2, 0.25) is 0 Å². The maximum absolute atomic E-state index is 10.8. The van der Waals surface area contributed by atoms with Crippen molar-refractivity contribution in [2.45, 2.75) is 38.3 Å². The molecule has 1 aliphatic rings. The summed E-state index contributed by atoms with van der Waals surface area (Å²) in [7, 11) is 0. The minimum atomic E-state index is -0.397. The van der Waals surface area contributed by atoms with Gasteiger partial charge in [0.15, 0.2) is 0 Å². The van der Waals surface area contributed by atoms with Crippen molar-refractivity contribution in [2.24, 2.45) is 0 Å². The first kappa shape index (κ1) is 15.6. The Kier molecular flexibility index (Phi) is 4.05. The summed E-state index contributed by atoms with van der Waals surface area (Å²) in [5, 5.41) is 19.5. The minimum absolute atomic E-state index is 0.0764. The van der Waals surface area contributed by atoms with E-state index < -0.39 is 4.92 Å². The lowest BCUT2D eigenvalue weighted by Gasteiger charge is -2.09. The Bertz CT molecular complexity index is 915. The fourth-order valence-corrected chi connectivity index (χ4v) is 3.35. The van der Waals surface area contributed by atoms with E-state index in [1.165, 1.54) is 37.8 Å². The molecule has 1 aliphatic carbocycles. The van der Waals surface area contributed by atoms with E-state index in [4.69, 9.17) is 0 Å². The van der Waals surface area contributed by atoms with E-state index >= 15 is 0 Å². The quantitative estimate of drug-likeness (QED) is 0.560. The number of fused-ring (bicyclic) bond motifs is 1. The highest BCUT2D eigenvalue weighted by molar-refractivity contribution is 5.82. The van der Waals surface area contributed by atoms with Gasteiger partial charge in [-0.1, -0.05) is 12.8 Å². The molecule has 128 valence electrons. The van der Waals surface area contributed by atoms with Crippen LogP contribution in [0.25, 0.3) is 10.9 Å². The third-order valence-corrected chi connectivity index (χ3v) is 4.70. The topological polar surface area (TPSA) is 85.9 Å². The number of hydrogen-bond acceptors (Lipinski definition) is 5. The molecule has 1 fully saturated rings. The zero-order valence-electron chi connectivity index (χ0n) is 13.8. The van der Waals surface area contributed by atoms with Crippen LogP contribution in [0.3, 0.4) is 0 Å². The summed E-state index contributed by atoms with van der Waals surface area (Å²) in [4.78, 5) is 14.9. The van der Waals surface area contributed by atoms with Gasteiger partial charge in [0.1, 0.15) is 5.82 Å². The molecule has 1 aromatic carbocycles. The second-order valence-corrected chi connectivity index (χ2v) is 6.41. The Balaban J connectivity index is 1.45. The first-order valence-corrected chi connectivity index (χ1v) is 8.52. The van der Waals surface area contributed by atoms with Crippen LogP contribution in [0.2, 0.25) is 0 Å². The Hall–Kier alpha value is -2.96. The van der Waals surface area contributed by atoms with Gasteiger partial charge in [-0.3, -0.25) is 14.8 Å². The number of hydrogen-bond donors (Lipinski definition) is 1. The van der Waals surface area contributed by atoms with Gasteiger partial charge in [-0.05, 0) is 37.1 Å². The van der Waals surface area contributed by atoms with E-state index in [0.717, 1.165) is 22.4 Å². The predicted octanol–water partition coefficient (Wildman–Crippen LogP) is 4.07. The molecule has 0 bridgehead atoms. The van der Waals surface area contributed by atoms with Crippen molar-refractivity contribution in [1.29, 1.82) is 0 Å². The normalized spacial score (nSPS) is 14.9. The van der Waals surface area contributed by atoms with Gasteiger partial charge >= 0.3 is 0 Å². The zero-order valence-corrected chi connectivity index (χ0v) is 13.8.